The largest absolute Gasteiger partial charge is 0.392 e. The number of hydrogen-bond donors (Lipinski definition) is 2. The first-order chi connectivity index (χ1) is 23.6. The summed E-state index contributed by atoms with van der Waals surface area (Å²) < 4.78 is 2.32. The Hall–Kier alpha value is -5.16. The van der Waals surface area contributed by atoms with Gasteiger partial charge < -0.3 is 15.5 Å². The highest BCUT2D eigenvalue weighted by Gasteiger charge is 2.45. The van der Waals surface area contributed by atoms with Crippen molar-refractivity contribution >= 4 is 44.5 Å². The highest BCUT2D eigenvalue weighted by atomic mass is 16.1. The minimum absolute atomic E-state index is 0.0433. The molecule has 5 heteroatoms. The number of nitrogens with zero attached hydrogens (tertiary/aromatic N) is 2. The van der Waals surface area contributed by atoms with Crippen LogP contribution >= 0.6 is 0 Å². The predicted molar refractivity (Wildman–Crippen MR) is 208 cm³/mol. The number of nitrogens with one attached hydrogen (secondary N) is 2. The molecule has 2 aliphatic rings. The molecule has 0 radical (unpaired) electrons. The molecule has 0 spiro atoms. The summed E-state index contributed by atoms with van der Waals surface area (Å²) in [6.07, 6.45) is 16.3. The molecule has 49 heavy (non-hydrogen) atoms. The third kappa shape index (κ3) is 6.26. The molecule has 1 amide bonds. The molecule has 0 aliphatic carbocycles. The summed E-state index contributed by atoms with van der Waals surface area (Å²) in [6.45, 7) is 14.9. The van der Waals surface area contributed by atoms with Gasteiger partial charge in [0.15, 0.2) is 12.3 Å². The summed E-state index contributed by atoms with van der Waals surface area (Å²) in [5, 5.41) is 11.1. The van der Waals surface area contributed by atoms with Crippen LogP contribution in [0.3, 0.4) is 0 Å². The standard InChI is InChI=1S/C44H48N4O/c1-31(45-6)27-29-47-36-25-23-32-17-13-15-19-34(32)41(36)43(2,3)38(47)21-11-9-8-10-12-22-39-44(4,5)42-35-20-16-14-18-33(35)24-26-37(42)48(39)30-28-40(49)46-7/h8-26,45H,1,27-30H2,2-7H3/p+1. The second-order valence-electron chi connectivity index (χ2n) is 14.0. The number of carbonyl (C=O) groups is 1. The van der Waals surface area contributed by atoms with Gasteiger partial charge >= 0.3 is 0 Å². The molecule has 4 aromatic carbocycles. The first kappa shape index (κ1) is 33.7. The summed E-state index contributed by atoms with van der Waals surface area (Å²) in [5.41, 5.74) is 8.26. The van der Waals surface area contributed by atoms with E-state index in [1.54, 1.807) is 7.05 Å². The Kier molecular flexibility index (Phi) is 9.47. The van der Waals surface area contributed by atoms with E-state index in [9.17, 15) is 4.79 Å². The molecule has 0 aromatic heterocycles. The lowest BCUT2D eigenvalue weighted by atomic mass is 9.79. The second kappa shape index (κ2) is 13.8. The molecule has 2 heterocycles. The van der Waals surface area contributed by atoms with Crippen LogP contribution in [0.25, 0.3) is 21.5 Å². The maximum Gasteiger partial charge on any atom is 0.226 e. The Bertz CT molecular complexity index is 2090. The second-order valence-corrected chi connectivity index (χ2v) is 14.0. The Morgan fingerprint density at radius 2 is 1.39 bits per heavy atom. The van der Waals surface area contributed by atoms with Gasteiger partial charge in [-0.1, -0.05) is 105 Å². The van der Waals surface area contributed by atoms with Crippen molar-refractivity contribution in [3.8, 4) is 0 Å². The number of fused-ring (bicyclic) bond motifs is 6. The van der Waals surface area contributed by atoms with E-state index >= 15 is 0 Å². The van der Waals surface area contributed by atoms with Gasteiger partial charge in [0.1, 0.15) is 0 Å². The molecule has 0 atom stereocenters. The maximum atomic E-state index is 12.3. The summed E-state index contributed by atoms with van der Waals surface area (Å²) in [4.78, 5) is 14.7. The van der Waals surface area contributed by atoms with Gasteiger partial charge in [-0.15, -0.1) is 0 Å². The lowest BCUT2D eigenvalue weighted by Gasteiger charge is -2.27. The van der Waals surface area contributed by atoms with E-state index in [0.717, 1.165) is 18.7 Å². The van der Waals surface area contributed by atoms with Gasteiger partial charge in [0.25, 0.3) is 0 Å². The average molecular weight is 650 g/mol. The molecular weight excluding hydrogens is 601 g/mol. The quantitative estimate of drug-likeness (QED) is 0.126. The SMILES string of the molecule is C=C(CCN1C(=CC=CC=CC=CC2=[N+](CCC(=O)NC)c3ccc4ccccc4c3C2(C)C)C(C)(C)c2c1ccc1ccccc21)NC. The normalized spacial score (nSPS) is 17.3. The molecule has 0 saturated heterocycles. The van der Waals surface area contributed by atoms with Crippen LogP contribution in [0.15, 0.2) is 133 Å². The number of allylic oxidation sites excluding steroid dienone is 8. The van der Waals surface area contributed by atoms with Crippen LogP contribution in [0.2, 0.25) is 0 Å². The lowest BCUT2D eigenvalue weighted by Crippen LogP contribution is -2.29. The number of benzene rings is 4. The zero-order valence-corrected chi connectivity index (χ0v) is 29.8. The average Bonchev–Trinajstić information content (AvgIpc) is 3.47. The molecule has 2 aliphatic heterocycles. The molecule has 4 aromatic rings. The highest BCUT2D eigenvalue weighted by molar-refractivity contribution is 6.07. The van der Waals surface area contributed by atoms with E-state index in [1.807, 2.05) is 7.05 Å². The molecule has 6 rings (SSSR count). The van der Waals surface area contributed by atoms with E-state index in [1.165, 1.54) is 55.5 Å². The van der Waals surface area contributed by atoms with Crippen LogP contribution < -0.4 is 15.5 Å². The Labute approximate surface area is 291 Å². The number of hydrogen-bond acceptors (Lipinski definition) is 3. The lowest BCUT2D eigenvalue weighted by molar-refractivity contribution is -0.436. The number of rotatable bonds is 11. The minimum atomic E-state index is -0.223. The minimum Gasteiger partial charge on any atom is -0.392 e. The fourth-order valence-corrected chi connectivity index (χ4v) is 7.75. The van der Waals surface area contributed by atoms with Crippen molar-refractivity contribution < 1.29 is 9.37 Å². The van der Waals surface area contributed by atoms with Gasteiger partial charge in [0, 0.05) is 67.3 Å². The van der Waals surface area contributed by atoms with Crippen LogP contribution in [0, 0.1) is 0 Å². The van der Waals surface area contributed by atoms with Crippen LogP contribution in [-0.2, 0) is 15.6 Å². The molecule has 0 unspecified atom stereocenters. The van der Waals surface area contributed by atoms with Crippen LogP contribution in [0.4, 0.5) is 11.4 Å². The van der Waals surface area contributed by atoms with Crippen LogP contribution in [0.1, 0.15) is 51.7 Å². The van der Waals surface area contributed by atoms with Gasteiger partial charge in [-0.3, -0.25) is 4.79 Å². The van der Waals surface area contributed by atoms with Gasteiger partial charge in [-0.05, 0) is 59.2 Å². The smallest absolute Gasteiger partial charge is 0.226 e. The maximum absolute atomic E-state index is 12.3. The topological polar surface area (TPSA) is 47.4 Å². The van der Waals surface area contributed by atoms with Crippen molar-refractivity contribution in [1.82, 2.24) is 10.6 Å². The summed E-state index contributed by atoms with van der Waals surface area (Å²) in [6, 6.07) is 26.2. The van der Waals surface area contributed by atoms with E-state index in [2.05, 4.69) is 170 Å². The zero-order valence-electron chi connectivity index (χ0n) is 29.8. The van der Waals surface area contributed by atoms with Crippen LogP contribution in [0.5, 0.6) is 0 Å². The monoisotopic (exact) mass is 649 g/mol. The van der Waals surface area contributed by atoms with E-state index < -0.39 is 0 Å². The van der Waals surface area contributed by atoms with Gasteiger partial charge in [0.2, 0.25) is 11.6 Å². The van der Waals surface area contributed by atoms with Gasteiger partial charge in [-0.25, -0.2) is 0 Å². The molecule has 0 fully saturated rings. The summed E-state index contributed by atoms with van der Waals surface area (Å²) in [5.74, 6) is 0.0433. The van der Waals surface area contributed by atoms with E-state index in [-0.39, 0.29) is 16.7 Å². The fraction of sp³-hybridized carbons (Fsp3) is 0.273. The third-order valence-electron chi connectivity index (χ3n) is 10.3. The van der Waals surface area contributed by atoms with Crippen molar-refractivity contribution in [3.05, 3.63) is 144 Å². The number of anilines is 1. The Morgan fingerprint density at radius 3 is 2.08 bits per heavy atom. The Balaban J connectivity index is 1.28. The Morgan fingerprint density at radius 1 is 0.755 bits per heavy atom. The van der Waals surface area contributed by atoms with Gasteiger partial charge in [0.05, 0.1) is 11.8 Å². The predicted octanol–water partition coefficient (Wildman–Crippen LogP) is 8.98. The molecule has 5 nitrogen and oxygen atoms in total. The van der Waals surface area contributed by atoms with Crippen molar-refractivity contribution in [1.29, 1.82) is 0 Å². The summed E-state index contributed by atoms with van der Waals surface area (Å²) >= 11 is 0. The molecule has 0 bridgehead atoms. The molecular formula is C44H49N4O+. The molecule has 2 N–H and O–H groups in total. The number of amides is 1. The summed E-state index contributed by atoms with van der Waals surface area (Å²) in [7, 11) is 3.64. The van der Waals surface area contributed by atoms with Crippen LogP contribution in [-0.4, -0.2) is 43.4 Å². The molecule has 0 saturated carbocycles. The zero-order chi connectivity index (χ0) is 34.8. The number of carbonyl (C=O) groups excluding carboxylic acids is 1. The van der Waals surface area contributed by atoms with E-state index in [0.29, 0.717) is 13.0 Å². The fourth-order valence-electron chi connectivity index (χ4n) is 7.75. The van der Waals surface area contributed by atoms with Gasteiger partial charge in [-0.2, -0.15) is 4.58 Å². The third-order valence-corrected chi connectivity index (χ3v) is 10.3. The van der Waals surface area contributed by atoms with E-state index in [4.69, 9.17) is 0 Å². The first-order valence-corrected chi connectivity index (χ1v) is 17.3. The van der Waals surface area contributed by atoms with Crippen molar-refractivity contribution in [3.63, 3.8) is 0 Å². The van der Waals surface area contributed by atoms with Crippen molar-refractivity contribution in [2.24, 2.45) is 0 Å². The van der Waals surface area contributed by atoms with Crippen molar-refractivity contribution in [2.75, 3.05) is 32.1 Å². The van der Waals surface area contributed by atoms with Crippen molar-refractivity contribution in [2.45, 2.75) is 51.4 Å². The first-order valence-electron chi connectivity index (χ1n) is 17.3. The highest BCUT2D eigenvalue weighted by Crippen LogP contribution is 2.51. The molecule has 250 valence electrons.